The van der Waals surface area contributed by atoms with E-state index in [1.165, 1.54) is 13.0 Å². The molecule has 106 valence electrons. The maximum atomic E-state index is 12.6. The van der Waals surface area contributed by atoms with Gasteiger partial charge in [-0.25, -0.2) is 4.79 Å². The van der Waals surface area contributed by atoms with E-state index in [1.54, 1.807) is 6.92 Å². The molecule has 0 heterocycles. The Morgan fingerprint density at radius 2 is 2.05 bits per heavy atom. The van der Waals surface area contributed by atoms with Crippen molar-refractivity contribution in [2.45, 2.75) is 26.1 Å². The molecular weight excluding hydrogens is 327 g/mol. The third-order valence-electron chi connectivity index (χ3n) is 2.25. The highest BCUT2D eigenvalue weighted by Gasteiger charge is 2.31. The number of ether oxygens (including phenoxy) is 1. The fraction of sp³-hybridized carbons (Fsp3) is 0.417. The minimum atomic E-state index is -4.44. The normalized spacial score (nSPS) is 12.9. The van der Waals surface area contributed by atoms with Gasteiger partial charge in [0.2, 0.25) is 0 Å². The van der Waals surface area contributed by atoms with Crippen molar-refractivity contribution >= 4 is 27.6 Å². The molecule has 0 aliphatic carbocycles. The van der Waals surface area contributed by atoms with Gasteiger partial charge in [0.25, 0.3) is 0 Å². The Morgan fingerprint density at radius 1 is 1.42 bits per heavy atom. The predicted molar refractivity (Wildman–Crippen MR) is 68.9 cm³/mol. The van der Waals surface area contributed by atoms with Crippen molar-refractivity contribution in [3.05, 3.63) is 28.2 Å². The largest absolute Gasteiger partial charge is 0.464 e. The van der Waals surface area contributed by atoms with Crippen LogP contribution in [-0.2, 0) is 15.7 Å². The molecule has 0 bridgehead atoms. The molecule has 0 saturated carbocycles. The van der Waals surface area contributed by atoms with Crippen molar-refractivity contribution in [2.75, 3.05) is 11.9 Å². The van der Waals surface area contributed by atoms with E-state index in [1.807, 2.05) is 0 Å². The first kappa shape index (κ1) is 15.8. The van der Waals surface area contributed by atoms with Gasteiger partial charge in [-0.15, -0.1) is 0 Å². The average molecular weight is 340 g/mol. The zero-order valence-electron chi connectivity index (χ0n) is 10.3. The number of carbonyl (C=O) groups excluding carboxylic acids is 1. The number of anilines is 1. The smallest absolute Gasteiger partial charge is 0.416 e. The van der Waals surface area contributed by atoms with Crippen LogP contribution in [0.5, 0.6) is 0 Å². The summed E-state index contributed by atoms with van der Waals surface area (Å²) in [4.78, 5) is 11.4. The number of halogens is 4. The molecule has 19 heavy (non-hydrogen) atoms. The zero-order chi connectivity index (χ0) is 14.6. The molecule has 1 aromatic rings. The highest BCUT2D eigenvalue weighted by molar-refractivity contribution is 9.10. The summed E-state index contributed by atoms with van der Waals surface area (Å²) in [6.07, 6.45) is -4.44. The summed E-state index contributed by atoms with van der Waals surface area (Å²) in [5, 5.41) is 2.68. The van der Waals surface area contributed by atoms with Crippen LogP contribution in [-0.4, -0.2) is 18.6 Å². The van der Waals surface area contributed by atoms with E-state index in [0.29, 0.717) is 0 Å². The van der Waals surface area contributed by atoms with Gasteiger partial charge in [0, 0.05) is 10.2 Å². The topological polar surface area (TPSA) is 38.3 Å². The van der Waals surface area contributed by atoms with Crippen molar-refractivity contribution in [1.29, 1.82) is 0 Å². The second kappa shape index (κ2) is 6.27. The van der Waals surface area contributed by atoms with Crippen molar-refractivity contribution in [3.8, 4) is 0 Å². The van der Waals surface area contributed by atoms with Crippen molar-refractivity contribution in [3.63, 3.8) is 0 Å². The molecule has 0 aliphatic heterocycles. The molecule has 3 nitrogen and oxygen atoms in total. The third kappa shape index (κ3) is 4.74. The Morgan fingerprint density at radius 3 is 2.58 bits per heavy atom. The van der Waals surface area contributed by atoms with Crippen molar-refractivity contribution < 1.29 is 22.7 Å². The summed E-state index contributed by atoms with van der Waals surface area (Å²) in [6.45, 7) is 3.40. The fourth-order valence-corrected chi connectivity index (χ4v) is 1.91. The number of carbonyl (C=O) groups is 1. The van der Waals surface area contributed by atoms with Crippen molar-refractivity contribution in [1.82, 2.24) is 0 Å². The number of esters is 1. The summed E-state index contributed by atoms with van der Waals surface area (Å²) >= 11 is 3.01. The lowest BCUT2D eigenvalue weighted by molar-refractivity contribution is -0.143. The number of rotatable bonds is 4. The van der Waals surface area contributed by atoms with Crippen LogP contribution in [0.2, 0.25) is 0 Å². The number of hydrogen-bond donors (Lipinski definition) is 1. The van der Waals surface area contributed by atoms with E-state index in [4.69, 9.17) is 4.74 Å². The van der Waals surface area contributed by atoms with Crippen LogP contribution in [0, 0.1) is 0 Å². The van der Waals surface area contributed by atoms with E-state index in [2.05, 4.69) is 21.2 Å². The number of hydrogen-bond acceptors (Lipinski definition) is 3. The SMILES string of the molecule is CCOC(=O)C(C)Nc1cc(Br)cc(C(F)(F)F)c1. The molecule has 1 N–H and O–H groups in total. The van der Waals surface area contributed by atoms with Gasteiger partial charge in [0.15, 0.2) is 0 Å². The maximum absolute atomic E-state index is 12.6. The first-order chi connectivity index (χ1) is 8.74. The van der Waals surface area contributed by atoms with E-state index in [0.717, 1.165) is 12.1 Å². The lowest BCUT2D eigenvalue weighted by Crippen LogP contribution is -2.28. The summed E-state index contributed by atoms with van der Waals surface area (Å²) in [7, 11) is 0. The lowest BCUT2D eigenvalue weighted by Gasteiger charge is -2.16. The quantitative estimate of drug-likeness (QED) is 0.847. The molecule has 0 aliphatic rings. The van der Waals surface area contributed by atoms with Gasteiger partial charge in [0.1, 0.15) is 6.04 Å². The molecule has 1 unspecified atom stereocenters. The van der Waals surface area contributed by atoms with Gasteiger partial charge in [0.05, 0.1) is 12.2 Å². The Bertz CT molecular complexity index is 463. The van der Waals surface area contributed by atoms with Crippen LogP contribution in [0.4, 0.5) is 18.9 Å². The standard InChI is InChI=1S/C12H13BrF3NO2/c1-3-19-11(18)7(2)17-10-5-8(12(14,15)16)4-9(13)6-10/h4-7,17H,3H2,1-2H3. The van der Waals surface area contributed by atoms with Gasteiger partial charge >= 0.3 is 12.1 Å². The third-order valence-corrected chi connectivity index (χ3v) is 2.71. The van der Waals surface area contributed by atoms with Crippen LogP contribution in [0.25, 0.3) is 0 Å². The van der Waals surface area contributed by atoms with E-state index >= 15 is 0 Å². The van der Waals surface area contributed by atoms with Crippen LogP contribution in [0.1, 0.15) is 19.4 Å². The van der Waals surface area contributed by atoms with Crippen LogP contribution in [0.3, 0.4) is 0 Å². The Kier molecular flexibility index (Phi) is 5.22. The van der Waals surface area contributed by atoms with Crippen molar-refractivity contribution in [2.24, 2.45) is 0 Å². The first-order valence-corrected chi connectivity index (χ1v) is 6.34. The molecule has 0 aromatic heterocycles. The van der Waals surface area contributed by atoms with Gasteiger partial charge < -0.3 is 10.1 Å². The van der Waals surface area contributed by atoms with Crippen LogP contribution in [0.15, 0.2) is 22.7 Å². The van der Waals surface area contributed by atoms with Gasteiger partial charge in [-0.05, 0) is 32.0 Å². The molecule has 0 amide bonds. The number of nitrogens with one attached hydrogen (secondary N) is 1. The molecule has 0 fully saturated rings. The monoisotopic (exact) mass is 339 g/mol. The summed E-state index contributed by atoms with van der Waals surface area (Å²) < 4.78 is 42.9. The Balaban J connectivity index is 2.90. The number of benzene rings is 1. The van der Waals surface area contributed by atoms with E-state index in [9.17, 15) is 18.0 Å². The Labute approximate surface area is 117 Å². The molecule has 0 saturated heterocycles. The second-order valence-electron chi connectivity index (χ2n) is 3.84. The Hall–Kier alpha value is -1.24. The second-order valence-corrected chi connectivity index (χ2v) is 4.76. The first-order valence-electron chi connectivity index (χ1n) is 5.55. The lowest BCUT2D eigenvalue weighted by atomic mass is 10.2. The molecule has 0 radical (unpaired) electrons. The maximum Gasteiger partial charge on any atom is 0.416 e. The highest BCUT2D eigenvalue weighted by Crippen LogP contribution is 2.33. The van der Waals surface area contributed by atoms with Crippen LogP contribution < -0.4 is 5.32 Å². The predicted octanol–water partition coefficient (Wildman–Crippen LogP) is 3.83. The molecule has 1 aromatic carbocycles. The molecule has 1 rings (SSSR count). The van der Waals surface area contributed by atoms with Crippen LogP contribution >= 0.6 is 15.9 Å². The molecule has 1 atom stereocenters. The highest BCUT2D eigenvalue weighted by atomic mass is 79.9. The minimum Gasteiger partial charge on any atom is -0.464 e. The van der Waals surface area contributed by atoms with E-state index < -0.39 is 23.8 Å². The minimum absolute atomic E-state index is 0.197. The fourth-order valence-electron chi connectivity index (χ4n) is 1.41. The summed E-state index contributed by atoms with van der Waals surface area (Å²) in [5.41, 5.74) is -0.595. The summed E-state index contributed by atoms with van der Waals surface area (Å²) in [5.74, 6) is -0.518. The molecule has 7 heteroatoms. The van der Waals surface area contributed by atoms with Gasteiger partial charge in [-0.3, -0.25) is 0 Å². The van der Waals surface area contributed by atoms with E-state index in [-0.39, 0.29) is 16.8 Å². The summed E-state index contributed by atoms with van der Waals surface area (Å²) in [6, 6.07) is 2.65. The zero-order valence-corrected chi connectivity index (χ0v) is 11.9. The molecule has 0 spiro atoms. The average Bonchev–Trinajstić information content (AvgIpc) is 2.27. The molecular formula is C12H13BrF3NO2. The number of alkyl halides is 3. The van der Waals surface area contributed by atoms with Gasteiger partial charge in [-0.2, -0.15) is 13.2 Å². The van der Waals surface area contributed by atoms with Gasteiger partial charge in [-0.1, -0.05) is 15.9 Å².